The third-order valence-corrected chi connectivity index (χ3v) is 3.18. The van der Waals surface area contributed by atoms with Gasteiger partial charge in [-0.3, -0.25) is 10.1 Å². The molecule has 0 saturated heterocycles. The molecule has 0 fully saturated rings. The van der Waals surface area contributed by atoms with Crippen LogP contribution in [0, 0.1) is 17.6 Å². The molecule has 0 aromatic heterocycles. The number of carboxylic acid groups (broad SMARTS) is 1. The van der Waals surface area contributed by atoms with Gasteiger partial charge in [0.2, 0.25) is 0 Å². The van der Waals surface area contributed by atoms with Crippen LogP contribution in [0.25, 0.3) is 0 Å². The van der Waals surface area contributed by atoms with Crippen molar-refractivity contribution in [3.8, 4) is 0 Å². The van der Waals surface area contributed by atoms with Crippen LogP contribution in [0.5, 0.6) is 0 Å². The Morgan fingerprint density at radius 2 is 2.06 bits per heavy atom. The molecule has 0 spiro atoms. The normalized spacial score (nSPS) is 12.8. The summed E-state index contributed by atoms with van der Waals surface area (Å²) in [5.41, 5.74) is -0.170. The van der Waals surface area contributed by atoms with Crippen molar-refractivity contribution in [2.75, 3.05) is 0 Å². The Balaban J connectivity index is 2.86. The van der Waals surface area contributed by atoms with Gasteiger partial charge in [0.05, 0.1) is 4.47 Å². The maximum Gasteiger partial charge on any atom is 0.320 e. The summed E-state index contributed by atoms with van der Waals surface area (Å²) in [5.74, 6) is -2.63. The van der Waals surface area contributed by atoms with Gasteiger partial charge in [0.25, 0.3) is 0 Å². The summed E-state index contributed by atoms with van der Waals surface area (Å²) in [6.07, 6.45) is 0. The average Bonchev–Trinajstić information content (AvgIpc) is 2.27. The minimum atomic E-state index is -1.04. The predicted octanol–water partition coefficient (Wildman–Crippen LogP) is 2.93. The predicted molar refractivity (Wildman–Crippen MR) is 67.2 cm³/mol. The van der Waals surface area contributed by atoms with Gasteiger partial charge in [-0.05, 0) is 34.0 Å². The number of carboxylic acids is 1. The van der Waals surface area contributed by atoms with Crippen LogP contribution in [0.3, 0.4) is 0 Å². The van der Waals surface area contributed by atoms with E-state index in [0.29, 0.717) is 0 Å². The van der Waals surface area contributed by atoms with E-state index in [-0.39, 0.29) is 22.5 Å². The molecule has 1 unspecified atom stereocenters. The third-order valence-electron chi connectivity index (χ3n) is 2.57. The fraction of sp³-hybridized carbons (Fsp3) is 0.417. The van der Waals surface area contributed by atoms with Gasteiger partial charge in [-0.2, -0.15) is 0 Å². The van der Waals surface area contributed by atoms with Crippen molar-refractivity contribution in [3.63, 3.8) is 0 Å². The molecule has 100 valence electrons. The molecule has 0 radical (unpaired) electrons. The third kappa shape index (κ3) is 3.49. The highest BCUT2D eigenvalue weighted by Crippen LogP contribution is 2.21. The number of aliphatic carboxylic acids is 1. The molecule has 18 heavy (non-hydrogen) atoms. The van der Waals surface area contributed by atoms with Crippen LogP contribution >= 0.6 is 15.9 Å². The first-order chi connectivity index (χ1) is 8.34. The van der Waals surface area contributed by atoms with E-state index in [1.807, 2.05) is 0 Å². The Kier molecular flexibility index (Phi) is 5.22. The largest absolute Gasteiger partial charge is 0.480 e. The molecule has 2 N–H and O–H groups in total. The van der Waals surface area contributed by atoms with E-state index in [1.54, 1.807) is 13.8 Å². The van der Waals surface area contributed by atoms with Crippen molar-refractivity contribution in [2.45, 2.75) is 26.4 Å². The minimum Gasteiger partial charge on any atom is -0.480 e. The molecule has 0 heterocycles. The number of hydrogen-bond donors (Lipinski definition) is 2. The molecule has 0 aliphatic rings. The average molecular weight is 322 g/mol. The summed E-state index contributed by atoms with van der Waals surface area (Å²) in [6.45, 7) is 3.27. The second-order valence-electron chi connectivity index (χ2n) is 4.26. The zero-order valence-corrected chi connectivity index (χ0v) is 11.6. The van der Waals surface area contributed by atoms with Crippen LogP contribution in [0.15, 0.2) is 16.6 Å². The van der Waals surface area contributed by atoms with Crippen LogP contribution < -0.4 is 5.32 Å². The van der Waals surface area contributed by atoms with E-state index in [4.69, 9.17) is 5.11 Å². The Bertz CT molecular complexity index is 452. The van der Waals surface area contributed by atoms with Gasteiger partial charge in [0.15, 0.2) is 0 Å². The van der Waals surface area contributed by atoms with Gasteiger partial charge in [-0.15, -0.1) is 0 Å². The highest BCUT2D eigenvalue weighted by molar-refractivity contribution is 9.10. The molecule has 0 amide bonds. The first-order valence-electron chi connectivity index (χ1n) is 5.43. The van der Waals surface area contributed by atoms with Crippen molar-refractivity contribution in [3.05, 3.63) is 33.8 Å². The summed E-state index contributed by atoms with van der Waals surface area (Å²) >= 11 is 2.96. The van der Waals surface area contributed by atoms with Gasteiger partial charge in [0.1, 0.15) is 17.7 Å². The summed E-state index contributed by atoms with van der Waals surface area (Å²) in [4.78, 5) is 10.9. The first kappa shape index (κ1) is 15.0. The molecular formula is C12H14BrF2NO2. The smallest absolute Gasteiger partial charge is 0.320 e. The fourth-order valence-corrected chi connectivity index (χ4v) is 1.92. The van der Waals surface area contributed by atoms with Crippen molar-refractivity contribution in [2.24, 2.45) is 5.92 Å². The highest BCUT2D eigenvalue weighted by atomic mass is 79.9. The molecule has 1 rings (SSSR count). The second-order valence-corrected chi connectivity index (χ2v) is 5.12. The number of hydrogen-bond acceptors (Lipinski definition) is 2. The fourth-order valence-electron chi connectivity index (χ4n) is 1.55. The monoisotopic (exact) mass is 321 g/mol. The standard InChI is InChI=1S/C12H14BrF2NO2/c1-6(2)11(12(17)18)16-5-7-9(14)4-3-8(13)10(7)15/h3-4,6,11,16H,5H2,1-2H3,(H,17,18). The van der Waals surface area contributed by atoms with Gasteiger partial charge in [-0.1, -0.05) is 13.8 Å². The van der Waals surface area contributed by atoms with Gasteiger partial charge >= 0.3 is 5.97 Å². The van der Waals surface area contributed by atoms with Crippen LogP contribution in [0.4, 0.5) is 8.78 Å². The zero-order chi connectivity index (χ0) is 13.9. The summed E-state index contributed by atoms with van der Waals surface area (Å²) in [5, 5.41) is 11.6. The van der Waals surface area contributed by atoms with E-state index in [1.165, 1.54) is 6.07 Å². The van der Waals surface area contributed by atoms with E-state index < -0.39 is 23.6 Å². The Morgan fingerprint density at radius 1 is 1.44 bits per heavy atom. The zero-order valence-electron chi connectivity index (χ0n) is 10.0. The summed E-state index contributed by atoms with van der Waals surface area (Å²) in [6, 6.07) is 1.56. The molecule has 0 saturated carbocycles. The lowest BCUT2D eigenvalue weighted by atomic mass is 10.0. The van der Waals surface area contributed by atoms with E-state index >= 15 is 0 Å². The maximum absolute atomic E-state index is 13.6. The van der Waals surface area contributed by atoms with Crippen LogP contribution in [-0.4, -0.2) is 17.1 Å². The molecule has 1 atom stereocenters. The van der Waals surface area contributed by atoms with Gasteiger partial charge < -0.3 is 5.11 Å². The molecule has 0 bridgehead atoms. The van der Waals surface area contributed by atoms with Gasteiger partial charge in [0, 0.05) is 12.1 Å². The topological polar surface area (TPSA) is 49.3 Å². The number of halogens is 3. The molecular weight excluding hydrogens is 308 g/mol. The van der Waals surface area contributed by atoms with E-state index in [0.717, 1.165) is 6.07 Å². The summed E-state index contributed by atoms with van der Waals surface area (Å²) < 4.78 is 27.2. The SMILES string of the molecule is CC(C)C(NCc1c(F)ccc(Br)c1F)C(=O)O. The van der Waals surface area contributed by atoms with Crippen LogP contribution in [0.2, 0.25) is 0 Å². The Morgan fingerprint density at radius 3 is 2.56 bits per heavy atom. The number of carbonyl (C=O) groups is 1. The Labute approximate surface area is 112 Å². The van der Waals surface area contributed by atoms with Crippen molar-refractivity contribution in [1.82, 2.24) is 5.32 Å². The van der Waals surface area contributed by atoms with Crippen molar-refractivity contribution >= 4 is 21.9 Å². The quantitative estimate of drug-likeness (QED) is 0.820. The molecule has 1 aromatic carbocycles. The lowest BCUT2D eigenvalue weighted by Gasteiger charge is -2.18. The molecule has 1 aromatic rings. The maximum atomic E-state index is 13.6. The molecule has 0 aliphatic carbocycles. The minimum absolute atomic E-state index is 0.150. The second kappa shape index (κ2) is 6.24. The first-order valence-corrected chi connectivity index (χ1v) is 6.22. The van der Waals surface area contributed by atoms with Crippen molar-refractivity contribution < 1.29 is 18.7 Å². The number of nitrogens with one attached hydrogen (secondary N) is 1. The van der Waals surface area contributed by atoms with Crippen molar-refractivity contribution in [1.29, 1.82) is 0 Å². The lowest BCUT2D eigenvalue weighted by molar-refractivity contribution is -0.140. The lowest BCUT2D eigenvalue weighted by Crippen LogP contribution is -2.40. The number of benzene rings is 1. The van der Waals surface area contributed by atoms with Crippen LogP contribution in [0.1, 0.15) is 19.4 Å². The Hall–Kier alpha value is -1.01. The van der Waals surface area contributed by atoms with E-state index in [9.17, 15) is 13.6 Å². The highest BCUT2D eigenvalue weighted by Gasteiger charge is 2.22. The van der Waals surface area contributed by atoms with Gasteiger partial charge in [-0.25, -0.2) is 8.78 Å². The number of rotatable bonds is 5. The molecule has 6 heteroatoms. The van der Waals surface area contributed by atoms with E-state index in [2.05, 4.69) is 21.2 Å². The molecule has 0 aliphatic heterocycles. The van der Waals surface area contributed by atoms with Crippen LogP contribution in [-0.2, 0) is 11.3 Å². The molecule has 3 nitrogen and oxygen atoms in total. The summed E-state index contributed by atoms with van der Waals surface area (Å²) in [7, 11) is 0.